The molecule has 0 radical (unpaired) electrons. The Morgan fingerprint density at radius 2 is 1.82 bits per heavy atom. The average molecular weight is 689 g/mol. The van der Waals surface area contributed by atoms with E-state index in [4.69, 9.17) is 16.0 Å². The predicted molar refractivity (Wildman–Crippen MR) is 192 cm³/mol. The molecular weight excluding hydrogens is 640 g/mol. The summed E-state index contributed by atoms with van der Waals surface area (Å²) < 4.78 is 7.62. The van der Waals surface area contributed by atoms with Crippen molar-refractivity contribution < 1.29 is 14.3 Å². The molecule has 0 bridgehead atoms. The van der Waals surface area contributed by atoms with E-state index in [9.17, 15) is 14.7 Å². The zero-order chi connectivity index (χ0) is 34.6. The number of rotatable bonds is 11. The molecule has 1 saturated heterocycles. The van der Waals surface area contributed by atoms with Crippen LogP contribution in [0.15, 0.2) is 70.4 Å². The van der Waals surface area contributed by atoms with Crippen molar-refractivity contribution in [3.05, 3.63) is 87.8 Å². The second-order valence-corrected chi connectivity index (χ2v) is 15.4. The largest absolute Gasteiger partial charge is 0.457 e. The molecule has 4 aromatic rings. The van der Waals surface area contributed by atoms with E-state index in [1.807, 2.05) is 24.3 Å². The van der Waals surface area contributed by atoms with Gasteiger partial charge in [0.25, 0.3) is 0 Å². The number of carbonyl (C=O) groups is 1. The SMILES string of the molecule is CC(C)(C)NC(=O)C1(C2CCCCC2)CCN(CC[C@H](Cc2ccc(Cl)cc2)NC(O)c2cc(=O)c3cc(-n4cncn4)ccc3o2)CC1. The first-order chi connectivity index (χ1) is 23.5. The Labute approximate surface area is 293 Å². The highest BCUT2D eigenvalue weighted by Crippen LogP contribution is 2.46. The molecule has 3 N–H and O–H groups in total. The van der Waals surface area contributed by atoms with Crippen molar-refractivity contribution in [1.29, 1.82) is 0 Å². The van der Waals surface area contributed by atoms with E-state index in [-0.39, 0.29) is 34.1 Å². The Hall–Kier alpha value is -3.57. The molecule has 3 heterocycles. The fourth-order valence-electron chi connectivity index (χ4n) is 7.69. The number of carbonyl (C=O) groups excluding carboxylic acids is 1. The van der Waals surface area contributed by atoms with E-state index >= 15 is 0 Å². The lowest BCUT2D eigenvalue weighted by atomic mass is 9.63. The maximum atomic E-state index is 13.9. The van der Waals surface area contributed by atoms with Crippen LogP contribution in [0, 0.1) is 11.3 Å². The Balaban J connectivity index is 1.15. The molecular formula is C38H49ClN6O4. The monoisotopic (exact) mass is 688 g/mol. The zero-order valence-corrected chi connectivity index (χ0v) is 29.6. The second-order valence-electron chi connectivity index (χ2n) is 15.0. The summed E-state index contributed by atoms with van der Waals surface area (Å²) in [5.74, 6) is 0.821. The van der Waals surface area contributed by atoms with Crippen LogP contribution in [0.5, 0.6) is 0 Å². The van der Waals surface area contributed by atoms with E-state index in [1.54, 1.807) is 29.2 Å². The van der Waals surface area contributed by atoms with Crippen molar-refractivity contribution in [1.82, 2.24) is 30.3 Å². The fraction of sp³-hybridized carbons (Fsp3) is 0.526. The molecule has 1 aliphatic carbocycles. The normalized spacial score (nSPS) is 18.7. The van der Waals surface area contributed by atoms with E-state index in [2.05, 4.69) is 46.4 Å². The van der Waals surface area contributed by atoms with E-state index in [0.717, 1.165) is 57.3 Å². The third-order valence-electron chi connectivity index (χ3n) is 10.3. The number of nitrogens with one attached hydrogen (secondary N) is 2. The number of piperidine rings is 1. The van der Waals surface area contributed by atoms with E-state index < -0.39 is 6.23 Å². The van der Waals surface area contributed by atoms with Crippen LogP contribution in [-0.4, -0.2) is 61.9 Å². The van der Waals surface area contributed by atoms with Crippen LogP contribution >= 0.6 is 11.6 Å². The summed E-state index contributed by atoms with van der Waals surface area (Å²) in [4.78, 5) is 33.4. The number of halogens is 1. The average Bonchev–Trinajstić information content (AvgIpc) is 3.63. The Kier molecular flexibility index (Phi) is 10.9. The second kappa shape index (κ2) is 15.1. The van der Waals surface area contributed by atoms with Crippen LogP contribution in [0.25, 0.3) is 16.7 Å². The molecule has 10 nitrogen and oxygen atoms in total. The summed E-state index contributed by atoms with van der Waals surface area (Å²) in [7, 11) is 0. The molecule has 6 rings (SSSR count). The Morgan fingerprint density at radius 3 is 2.49 bits per heavy atom. The number of likely N-dealkylation sites (tertiary alicyclic amines) is 1. The summed E-state index contributed by atoms with van der Waals surface area (Å²) in [6.45, 7) is 8.73. The Bertz CT molecular complexity index is 1750. The van der Waals surface area contributed by atoms with Crippen molar-refractivity contribution in [3.63, 3.8) is 0 Å². The van der Waals surface area contributed by atoms with Crippen LogP contribution in [0.4, 0.5) is 0 Å². The zero-order valence-electron chi connectivity index (χ0n) is 28.8. The van der Waals surface area contributed by atoms with Crippen molar-refractivity contribution >= 4 is 28.5 Å². The number of aromatic nitrogens is 3. The summed E-state index contributed by atoms with van der Waals surface area (Å²) in [6.07, 6.45) is 10.9. The molecule has 2 atom stereocenters. The van der Waals surface area contributed by atoms with E-state index in [0.29, 0.717) is 34.0 Å². The van der Waals surface area contributed by atoms with Gasteiger partial charge in [0.05, 0.1) is 16.5 Å². The van der Waals surface area contributed by atoms with Crippen LogP contribution in [-0.2, 0) is 11.2 Å². The van der Waals surface area contributed by atoms with Crippen LogP contribution in [0.3, 0.4) is 0 Å². The van der Waals surface area contributed by atoms with E-state index in [1.165, 1.54) is 31.7 Å². The molecule has 2 aromatic heterocycles. The van der Waals surface area contributed by atoms with Gasteiger partial charge in [-0.25, -0.2) is 9.67 Å². The summed E-state index contributed by atoms with van der Waals surface area (Å²) in [6, 6.07) is 14.2. The lowest BCUT2D eigenvalue weighted by Gasteiger charge is -2.48. The molecule has 1 amide bonds. The molecule has 11 heteroatoms. The Morgan fingerprint density at radius 1 is 1.08 bits per heavy atom. The van der Waals surface area contributed by atoms with Crippen LogP contribution < -0.4 is 16.1 Å². The van der Waals surface area contributed by atoms with Gasteiger partial charge in [0.15, 0.2) is 17.4 Å². The first kappa shape index (κ1) is 35.3. The number of fused-ring (bicyclic) bond motifs is 1. The highest BCUT2D eigenvalue weighted by molar-refractivity contribution is 6.30. The first-order valence-corrected chi connectivity index (χ1v) is 18.0. The lowest BCUT2D eigenvalue weighted by molar-refractivity contribution is -0.141. The molecule has 1 aliphatic heterocycles. The molecule has 49 heavy (non-hydrogen) atoms. The lowest BCUT2D eigenvalue weighted by Crippen LogP contribution is -2.56. The molecule has 0 spiro atoms. The summed E-state index contributed by atoms with van der Waals surface area (Å²) in [5, 5.41) is 23.3. The molecule has 262 valence electrons. The highest BCUT2D eigenvalue weighted by Gasteiger charge is 2.48. The number of nitrogens with zero attached hydrogens (tertiary/aromatic N) is 4. The number of aliphatic hydroxyl groups excluding tert-OH is 1. The van der Waals surface area contributed by atoms with Gasteiger partial charge in [-0.05, 0) is 121 Å². The van der Waals surface area contributed by atoms with Gasteiger partial charge in [-0.1, -0.05) is 43.0 Å². The third kappa shape index (κ3) is 8.60. The number of amides is 1. The van der Waals surface area contributed by atoms with Gasteiger partial charge in [-0.15, -0.1) is 0 Å². The van der Waals surface area contributed by atoms with Crippen LogP contribution in [0.2, 0.25) is 5.02 Å². The van der Waals surface area contributed by atoms with Gasteiger partial charge >= 0.3 is 0 Å². The minimum atomic E-state index is -1.19. The van der Waals surface area contributed by atoms with Crippen LogP contribution in [0.1, 0.15) is 89.7 Å². The smallest absolute Gasteiger partial charge is 0.226 e. The van der Waals surface area contributed by atoms with Crippen molar-refractivity contribution in [3.8, 4) is 5.69 Å². The molecule has 1 unspecified atom stereocenters. The quantitative estimate of drug-likeness (QED) is 0.160. The van der Waals surface area contributed by atoms with Crippen molar-refractivity contribution in [2.45, 2.75) is 96.4 Å². The molecule has 1 saturated carbocycles. The number of benzene rings is 2. The predicted octanol–water partition coefficient (Wildman–Crippen LogP) is 6.19. The van der Waals surface area contributed by atoms with Crippen molar-refractivity contribution in [2.24, 2.45) is 11.3 Å². The number of hydrogen-bond acceptors (Lipinski definition) is 8. The van der Waals surface area contributed by atoms with Gasteiger partial charge in [-0.2, -0.15) is 5.10 Å². The fourth-order valence-corrected chi connectivity index (χ4v) is 7.82. The maximum Gasteiger partial charge on any atom is 0.226 e. The van der Waals surface area contributed by atoms with Crippen molar-refractivity contribution in [2.75, 3.05) is 19.6 Å². The number of aliphatic hydroxyl groups is 1. The topological polar surface area (TPSA) is 126 Å². The van der Waals surface area contributed by atoms with Gasteiger partial charge in [-0.3, -0.25) is 14.9 Å². The maximum absolute atomic E-state index is 13.9. The number of hydrogen-bond donors (Lipinski definition) is 3. The van der Waals surface area contributed by atoms with Gasteiger partial charge in [0.2, 0.25) is 5.91 Å². The minimum Gasteiger partial charge on any atom is -0.457 e. The first-order valence-electron chi connectivity index (χ1n) is 17.7. The molecule has 2 fully saturated rings. The van der Waals surface area contributed by atoms with Gasteiger partial charge < -0.3 is 19.7 Å². The highest BCUT2D eigenvalue weighted by atomic mass is 35.5. The van der Waals surface area contributed by atoms with Gasteiger partial charge in [0.1, 0.15) is 18.2 Å². The van der Waals surface area contributed by atoms with Gasteiger partial charge in [0, 0.05) is 22.7 Å². The molecule has 2 aliphatic rings. The summed E-state index contributed by atoms with van der Waals surface area (Å²) >= 11 is 6.17. The minimum absolute atomic E-state index is 0.124. The standard InChI is InChI=1S/C38H49ClN6O4/c1-37(2,3)43-36(48)38(27-7-5-4-6-8-27)16-19-44(20-17-38)18-15-29(21-26-9-11-28(39)12-10-26)42-35(47)34-23-32(46)31-22-30(13-14-33(31)49-34)45-25-40-24-41-45/h9-14,22-25,27,29,35,42,47H,4-8,15-21H2,1-3H3,(H,43,48)/t29-,35?/m1/s1. The summed E-state index contributed by atoms with van der Waals surface area (Å²) in [5.41, 5.74) is 1.33. The molecule has 2 aromatic carbocycles. The third-order valence-corrected chi connectivity index (χ3v) is 10.6.